The van der Waals surface area contributed by atoms with E-state index in [-0.39, 0.29) is 29.9 Å². The third-order valence-corrected chi connectivity index (χ3v) is 9.67. The number of nitrogens with zero attached hydrogens (tertiary/aromatic N) is 2. The molecule has 0 saturated heterocycles. The summed E-state index contributed by atoms with van der Waals surface area (Å²) in [6, 6.07) is 25.7. The minimum atomic E-state index is 0.262. The van der Waals surface area contributed by atoms with Gasteiger partial charge in [-0.1, -0.05) is 0 Å². The summed E-state index contributed by atoms with van der Waals surface area (Å²) in [6.45, 7) is 0. The number of halogens is 2. The van der Waals surface area contributed by atoms with Crippen LogP contribution >= 0.6 is 31.9 Å². The van der Waals surface area contributed by atoms with Gasteiger partial charge in [-0.25, -0.2) is 0 Å². The molecule has 0 aliphatic heterocycles. The summed E-state index contributed by atoms with van der Waals surface area (Å²) in [5.41, 5.74) is 2.69. The predicted molar refractivity (Wildman–Crippen MR) is 126 cm³/mol. The summed E-state index contributed by atoms with van der Waals surface area (Å²) in [6.07, 6.45) is 0. The summed E-state index contributed by atoms with van der Waals surface area (Å²) in [4.78, 5) is 0. The van der Waals surface area contributed by atoms with Gasteiger partial charge < -0.3 is 0 Å². The van der Waals surface area contributed by atoms with Crippen molar-refractivity contribution in [3.8, 4) is 0 Å². The van der Waals surface area contributed by atoms with E-state index in [4.69, 9.17) is 0 Å². The van der Waals surface area contributed by atoms with Crippen LogP contribution in [-0.2, 0) is 10.6 Å². The molecule has 3 aromatic carbocycles. The summed E-state index contributed by atoms with van der Waals surface area (Å²) in [5.74, 6) is 0. The van der Waals surface area contributed by atoms with E-state index < -0.39 is 0 Å². The van der Waals surface area contributed by atoms with Crippen LogP contribution in [0.4, 0.5) is 0 Å². The van der Waals surface area contributed by atoms with E-state index >= 15 is 0 Å². The zero-order valence-electron chi connectivity index (χ0n) is 14.8. The molecule has 0 fully saturated rings. The van der Waals surface area contributed by atoms with Crippen molar-refractivity contribution in [2.24, 2.45) is 0 Å². The van der Waals surface area contributed by atoms with Gasteiger partial charge in [0.15, 0.2) is 0 Å². The van der Waals surface area contributed by atoms with E-state index in [2.05, 4.69) is 115 Å². The molecule has 0 amide bonds. The van der Waals surface area contributed by atoms with Crippen molar-refractivity contribution in [1.29, 1.82) is 0 Å². The van der Waals surface area contributed by atoms with Gasteiger partial charge in [0.2, 0.25) is 0 Å². The summed E-state index contributed by atoms with van der Waals surface area (Å²) < 4.78 is 4.53. The molecule has 4 rings (SSSR count). The van der Waals surface area contributed by atoms with Crippen LogP contribution < -0.4 is 9.18 Å². The van der Waals surface area contributed by atoms with E-state index in [1.54, 1.807) is 0 Å². The quantitative estimate of drug-likeness (QED) is 0.300. The summed E-state index contributed by atoms with van der Waals surface area (Å²) in [7, 11) is 0. The van der Waals surface area contributed by atoms with Gasteiger partial charge in [0.05, 0.1) is 0 Å². The van der Waals surface area contributed by atoms with E-state index in [0.29, 0.717) is 0 Å². The molecule has 0 aliphatic rings. The fourth-order valence-corrected chi connectivity index (χ4v) is 7.15. The number of aromatic nitrogens is 2. The number of hydrogen-bond acceptors (Lipinski definition) is 2. The van der Waals surface area contributed by atoms with Crippen molar-refractivity contribution in [2.75, 3.05) is 0 Å². The molecule has 0 aliphatic carbocycles. The maximum absolute atomic E-state index is 4.64. The molecule has 0 N–H and O–H groups in total. The predicted octanol–water partition coefficient (Wildman–Crippen LogP) is 4.21. The summed E-state index contributed by atoms with van der Waals surface area (Å²) in [5, 5.41) is 13.9. The Morgan fingerprint density at radius 2 is 0.964 bits per heavy atom. The number of hydrogen-bond donors (Lipinski definition) is 0. The average Bonchev–Trinajstić information content (AvgIpc) is 2.73. The molecule has 0 spiro atoms. The third-order valence-electron chi connectivity index (χ3n) is 4.20. The molecule has 4 aromatic rings. The molecular formula is C22H16Br2N2Se2. The van der Waals surface area contributed by atoms with E-state index in [1.807, 2.05) is 0 Å². The monoisotopic (exact) mass is 626 g/mol. The maximum atomic E-state index is 4.64. The normalized spacial score (nSPS) is 11.1. The van der Waals surface area contributed by atoms with Gasteiger partial charge in [0.1, 0.15) is 0 Å². The molecule has 6 heteroatoms. The number of fused-ring (bicyclic) bond motifs is 1. The number of benzene rings is 3. The van der Waals surface area contributed by atoms with Gasteiger partial charge in [-0.2, -0.15) is 0 Å². The van der Waals surface area contributed by atoms with Crippen LogP contribution in [0.25, 0.3) is 10.8 Å². The molecule has 0 bridgehead atoms. The Morgan fingerprint density at radius 1 is 0.571 bits per heavy atom. The van der Waals surface area contributed by atoms with Gasteiger partial charge in [0, 0.05) is 0 Å². The van der Waals surface area contributed by atoms with Crippen LogP contribution in [-0.4, -0.2) is 40.1 Å². The zero-order valence-corrected chi connectivity index (χ0v) is 21.4. The van der Waals surface area contributed by atoms with Gasteiger partial charge in [-0.3, -0.25) is 0 Å². The fourth-order valence-electron chi connectivity index (χ4n) is 2.73. The molecule has 140 valence electrons. The molecule has 0 radical (unpaired) electrons. The van der Waals surface area contributed by atoms with Crippen molar-refractivity contribution in [2.45, 2.75) is 10.6 Å². The minimum absolute atomic E-state index is 0.262. The Balaban J connectivity index is 1.54. The molecule has 0 atom stereocenters. The summed E-state index contributed by atoms with van der Waals surface area (Å²) >= 11 is 7.52. The van der Waals surface area contributed by atoms with Crippen molar-refractivity contribution in [1.82, 2.24) is 10.2 Å². The molecule has 0 saturated carbocycles. The van der Waals surface area contributed by atoms with Crippen LogP contribution in [0.2, 0.25) is 0 Å². The van der Waals surface area contributed by atoms with E-state index in [1.165, 1.54) is 21.9 Å². The molecular weight excluding hydrogens is 610 g/mol. The molecule has 28 heavy (non-hydrogen) atoms. The van der Waals surface area contributed by atoms with Crippen LogP contribution in [0.1, 0.15) is 11.1 Å². The fraction of sp³-hybridized carbons (Fsp3) is 0.0909. The Bertz CT molecular complexity index is 996. The first-order valence-electron chi connectivity index (χ1n) is 8.69. The standard InChI is InChI=1S/C22H16Br2N2Se2/c23-17-9-5-15(6-10-17)13-27-21-19-3-1-2-4-20(19)22(26-25-21)28-14-16-7-11-18(24)12-8-16/h1-12H,13-14H2. The number of rotatable bonds is 6. The van der Waals surface area contributed by atoms with Crippen LogP contribution in [0.3, 0.4) is 0 Å². The SMILES string of the molecule is Brc1ccc(C[Se]c2nnc([Se]Cc3ccc(Br)cc3)c3ccccc23)cc1. The third kappa shape index (κ3) is 5.13. The first-order valence-corrected chi connectivity index (χ1v) is 14.4. The van der Waals surface area contributed by atoms with E-state index in [9.17, 15) is 0 Å². The Kier molecular flexibility index (Phi) is 7.00. The average molecular weight is 626 g/mol. The topological polar surface area (TPSA) is 25.8 Å². The Labute approximate surface area is 194 Å². The van der Waals surface area contributed by atoms with Crippen LogP contribution in [0.15, 0.2) is 81.7 Å². The molecule has 2 nitrogen and oxygen atoms in total. The van der Waals surface area contributed by atoms with Crippen LogP contribution in [0.5, 0.6) is 0 Å². The van der Waals surface area contributed by atoms with E-state index in [0.717, 1.165) is 28.8 Å². The van der Waals surface area contributed by atoms with Crippen molar-refractivity contribution in [3.05, 3.63) is 92.9 Å². The Morgan fingerprint density at radius 3 is 1.36 bits per heavy atom. The second-order valence-corrected chi connectivity index (χ2v) is 12.1. The zero-order chi connectivity index (χ0) is 19.3. The van der Waals surface area contributed by atoms with Crippen LogP contribution in [0, 0.1) is 0 Å². The van der Waals surface area contributed by atoms with Crippen molar-refractivity contribution in [3.63, 3.8) is 0 Å². The van der Waals surface area contributed by atoms with Gasteiger partial charge >= 0.3 is 195 Å². The van der Waals surface area contributed by atoms with Gasteiger partial charge in [-0.15, -0.1) is 0 Å². The first kappa shape index (κ1) is 20.3. The Hall–Kier alpha value is -1.00. The molecule has 0 unspecified atom stereocenters. The second kappa shape index (κ2) is 9.67. The first-order chi connectivity index (χ1) is 13.7. The van der Waals surface area contributed by atoms with Crippen molar-refractivity contribution >= 4 is 81.7 Å². The van der Waals surface area contributed by atoms with Gasteiger partial charge in [-0.05, 0) is 0 Å². The molecule has 1 aromatic heterocycles. The van der Waals surface area contributed by atoms with Crippen molar-refractivity contribution < 1.29 is 0 Å². The second-order valence-electron chi connectivity index (χ2n) is 6.19. The molecule has 1 heterocycles. The van der Waals surface area contributed by atoms with Gasteiger partial charge in [0.25, 0.3) is 0 Å².